The first kappa shape index (κ1) is 18.9. The van der Waals surface area contributed by atoms with Gasteiger partial charge < -0.3 is 15.5 Å². The number of carbonyl (C=O) groups is 3. The van der Waals surface area contributed by atoms with E-state index in [1.807, 2.05) is 0 Å². The molecule has 0 bridgehead atoms. The van der Waals surface area contributed by atoms with Gasteiger partial charge >= 0.3 is 0 Å². The van der Waals surface area contributed by atoms with E-state index < -0.39 is 11.9 Å². The highest BCUT2D eigenvalue weighted by Crippen LogP contribution is 1.99. The van der Waals surface area contributed by atoms with Gasteiger partial charge in [0.25, 0.3) is 0 Å². The second-order valence-electron chi connectivity index (χ2n) is 4.46. The topological polar surface area (TPSA) is 127 Å². The molecular weight excluding hydrogens is 276 g/mol. The van der Waals surface area contributed by atoms with E-state index >= 15 is 0 Å². The summed E-state index contributed by atoms with van der Waals surface area (Å²) in [6, 6.07) is -0.694. The molecule has 0 radical (unpaired) electrons. The molecule has 0 rings (SSSR count). The number of nitrogens with zero attached hydrogens (tertiary/aromatic N) is 4. The Bertz CT molecular complexity index is 419. The van der Waals surface area contributed by atoms with Crippen molar-refractivity contribution in [2.24, 2.45) is 5.11 Å². The van der Waals surface area contributed by atoms with E-state index in [0.717, 1.165) is 0 Å². The van der Waals surface area contributed by atoms with Gasteiger partial charge in [-0.25, -0.2) is 0 Å². The summed E-state index contributed by atoms with van der Waals surface area (Å²) in [6.45, 7) is 1.83. The fraction of sp³-hybridized carbons (Fsp3) is 0.750. The predicted octanol–water partition coefficient (Wildman–Crippen LogP) is -0.171. The molecule has 0 heterocycles. The van der Waals surface area contributed by atoms with Gasteiger partial charge in [0, 0.05) is 24.9 Å². The summed E-state index contributed by atoms with van der Waals surface area (Å²) in [5.74, 6) is -0.782. The summed E-state index contributed by atoms with van der Waals surface area (Å²) in [6.07, 6.45) is 0.520. The highest BCUT2D eigenvalue weighted by molar-refractivity contribution is 5.91. The number of amides is 2. The Labute approximate surface area is 123 Å². The lowest BCUT2D eigenvalue weighted by molar-refractivity contribution is -0.135. The second kappa shape index (κ2) is 10.6. The number of likely N-dealkylation sites (N-methyl/N-ethyl adjacent to an activating group) is 2. The lowest BCUT2D eigenvalue weighted by atomic mass is 10.1. The summed E-state index contributed by atoms with van der Waals surface area (Å²) in [5.41, 5.74) is 8.22. The molecule has 1 atom stereocenters. The summed E-state index contributed by atoms with van der Waals surface area (Å²) in [5, 5.41) is 8.62. The number of hydrogen-bond acceptors (Lipinski definition) is 5. The zero-order valence-electron chi connectivity index (χ0n) is 12.6. The van der Waals surface area contributed by atoms with E-state index in [1.165, 1.54) is 11.9 Å². The Morgan fingerprint density at radius 1 is 1.38 bits per heavy atom. The van der Waals surface area contributed by atoms with Gasteiger partial charge in [-0.1, -0.05) is 12.0 Å². The van der Waals surface area contributed by atoms with E-state index in [-0.39, 0.29) is 44.2 Å². The van der Waals surface area contributed by atoms with Crippen molar-refractivity contribution in [1.82, 2.24) is 15.5 Å². The molecule has 2 amide bonds. The van der Waals surface area contributed by atoms with Crippen molar-refractivity contribution < 1.29 is 14.4 Å². The quantitative estimate of drug-likeness (QED) is 0.329. The van der Waals surface area contributed by atoms with Gasteiger partial charge in [-0.15, -0.1) is 0 Å². The molecule has 2 N–H and O–H groups in total. The van der Waals surface area contributed by atoms with Crippen LogP contribution in [0.1, 0.15) is 19.8 Å². The van der Waals surface area contributed by atoms with Crippen LogP contribution in [0.4, 0.5) is 0 Å². The molecule has 9 nitrogen and oxygen atoms in total. The first-order valence-electron chi connectivity index (χ1n) is 6.67. The van der Waals surface area contributed by atoms with Crippen LogP contribution in [-0.2, 0) is 14.4 Å². The van der Waals surface area contributed by atoms with Crippen molar-refractivity contribution in [3.63, 3.8) is 0 Å². The summed E-state index contributed by atoms with van der Waals surface area (Å²) >= 11 is 0. The van der Waals surface area contributed by atoms with Gasteiger partial charge in [-0.2, -0.15) is 0 Å². The number of hydrogen-bond donors (Lipinski definition) is 2. The molecular formula is C12H22N6O3. The highest BCUT2D eigenvalue weighted by atomic mass is 16.2. The smallest absolute Gasteiger partial charge is 0.240 e. The number of rotatable bonds is 10. The standard InChI is InChI=1S/C12H22N6O3/c1-4-10(19)9(5-6-15-17-13)16-11(20)8-18(3)12(21)7-14-2/h9,14H,4-8H2,1-3H3,(H,16,20). The van der Waals surface area contributed by atoms with Crippen LogP contribution in [0, 0.1) is 0 Å². The number of azide groups is 1. The van der Waals surface area contributed by atoms with Crippen LogP contribution in [0.2, 0.25) is 0 Å². The summed E-state index contributed by atoms with van der Waals surface area (Å²) < 4.78 is 0. The third-order valence-corrected chi connectivity index (χ3v) is 2.79. The Morgan fingerprint density at radius 2 is 2.05 bits per heavy atom. The fourth-order valence-electron chi connectivity index (χ4n) is 1.62. The number of nitrogens with one attached hydrogen (secondary N) is 2. The molecule has 0 aromatic carbocycles. The summed E-state index contributed by atoms with van der Waals surface area (Å²) in [7, 11) is 3.15. The molecule has 0 saturated carbocycles. The molecule has 21 heavy (non-hydrogen) atoms. The molecule has 118 valence electrons. The van der Waals surface area contributed by atoms with Gasteiger partial charge in [-0.05, 0) is 19.0 Å². The van der Waals surface area contributed by atoms with E-state index in [9.17, 15) is 14.4 Å². The van der Waals surface area contributed by atoms with Crippen LogP contribution >= 0.6 is 0 Å². The maximum atomic E-state index is 11.8. The predicted molar refractivity (Wildman–Crippen MR) is 77.4 cm³/mol. The summed E-state index contributed by atoms with van der Waals surface area (Å²) in [4.78, 5) is 39.0. The van der Waals surface area contributed by atoms with Crippen LogP contribution in [0.25, 0.3) is 10.4 Å². The largest absolute Gasteiger partial charge is 0.345 e. The van der Waals surface area contributed by atoms with Crippen molar-refractivity contribution in [3.8, 4) is 0 Å². The molecule has 0 saturated heterocycles. The van der Waals surface area contributed by atoms with Crippen LogP contribution < -0.4 is 10.6 Å². The second-order valence-corrected chi connectivity index (χ2v) is 4.46. The monoisotopic (exact) mass is 298 g/mol. The van der Waals surface area contributed by atoms with E-state index in [2.05, 4.69) is 20.7 Å². The third-order valence-electron chi connectivity index (χ3n) is 2.79. The van der Waals surface area contributed by atoms with Gasteiger partial charge in [0.05, 0.1) is 19.1 Å². The Kier molecular flexibility index (Phi) is 9.57. The van der Waals surface area contributed by atoms with Crippen LogP contribution in [-0.4, -0.2) is 62.3 Å². The van der Waals surface area contributed by atoms with Gasteiger partial charge in [0.15, 0.2) is 5.78 Å². The number of Topliss-reactive ketones (excluding diaryl/α,β-unsaturated/α-hetero) is 1. The fourth-order valence-corrected chi connectivity index (χ4v) is 1.62. The zero-order valence-corrected chi connectivity index (χ0v) is 12.6. The normalized spacial score (nSPS) is 11.2. The maximum Gasteiger partial charge on any atom is 0.240 e. The van der Waals surface area contributed by atoms with Crippen molar-refractivity contribution in [3.05, 3.63) is 10.4 Å². The average molecular weight is 298 g/mol. The van der Waals surface area contributed by atoms with Gasteiger partial charge in [0.2, 0.25) is 11.8 Å². The van der Waals surface area contributed by atoms with Crippen molar-refractivity contribution >= 4 is 17.6 Å². The van der Waals surface area contributed by atoms with E-state index in [4.69, 9.17) is 5.53 Å². The molecule has 0 aliphatic heterocycles. The molecule has 0 spiro atoms. The van der Waals surface area contributed by atoms with Crippen LogP contribution in [0.5, 0.6) is 0 Å². The van der Waals surface area contributed by atoms with Crippen molar-refractivity contribution in [2.45, 2.75) is 25.8 Å². The van der Waals surface area contributed by atoms with Crippen molar-refractivity contribution in [1.29, 1.82) is 0 Å². The Hall–Kier alpha value is -2.12. The van der Waals surface area contributed by atoms with Gasteiger partial charge in [-0.3, -0.25) is 14.4 Å². The lowest BCUT2D eigenvalue weighted by Crippen LogP contribution is -2.47. The number of carbonyl (C=O) groups excluding carboxylic acids is 3. The minimum Gasteiger partial charge on any atom is -0.345 e. The van der Waals surface area contributed by atoms with Gasteiger partial charge in [0.1, 0.15) is 0 Å². The van der Waals surface area contributed by atoms with Crippen LogP contribution in [0.3, 0.4) is 0 Å². The molecule has 0 aliphatic rings. The molecule has 0 fully saturated rings. The average Bonchev–Trinajstić information content (AvgIpc) is 2.45. The minimum absolute atomic E-state index is 0.127. The first-order valence-corrected chi connectivity index (χ1v) is 6.67. The zero-order chi connectivity index (χ0) is 16.3. The minimum atomic E-state index is -0.694. The first-order chi connectivity index (χ1) is 9.96. The van der Waals surface area contributed by atoms with Crippen molar-refractivity contribution in [2.75, 3.05) is 33.7 Å². The SMILES string of the molecule is CCC(=O)C(CCN=[N+]=[N-])NC(=O)CN(C)C(=O)CNC. The van der Waals surface area contributed by atoms with E-state index in [1.54, 1.807) is 14.0 Å². The molecule has 0 aromatic rings. The molecule has 0 aromatic heterocycles. The van der Waals surface area contributed by atoms with E-state index in [0.29, 0.717) is 0 Å². The highest BCUT2D eigenvalue weighted by Gasteiger charge is 2.20. The number of ketones is 1. The third kappa shape index (κ3) is 7.91. The maximum absolute atomic E-state index is 11.8. The Morgan fingerprint density at radius 3 is 2.57 bits per heavy atom. The molecule has 9 heteroatoms. The van der Waals surface area contributed by atoms with Crippen LogP contribution in [0.15, 0.2) is 5.11 Å². The molecule has 0 aliphatic carbocycles. The molecule has 1 unspecified atom stereocenters. The lowest BCUT2D eigenvalue weighted by Gasteiger charge is -2.20. The Balaban J connectivity index is 4.48.